The Morgan fingerprint density at radius 2 is 1.56 bits per heavy atom. The van der Waals surface area contributed by atoms with Gasteiger partial charge in [-0.25, -0.2) is 0 Å². The van der Waals surface area contributed by atoms with E-state index in [0.29, 0.717) is 25.3 Å². The lowest BCUT2D eigenvalue weighted by atomic mass is 10.0. The molecule has 1 N–H and O–H groups in total. The second kappa shape index (κ2) is 12.0. The van der Waals surface area contributed by atoms with E-state index in [2.05, 4.69) is 11.4 Å². The first-order chi connectivity index (χ1) is 16.4. The zero-order valence-corrected chi connectivity index (χ0v) is 20.5. The summed E-state index contributed by atoms with van der Waals surface area (Å²) in [6, 6.07) is 23.0. The summed E-state index contributed by atoms with van der Waals surface area (Å²) in [5.41, 5.74) is 5.22. The van der Waals surface area contributed by atoms with Gasteiger partial charge >= 0.3 is 0 Å². The van der Waals surface area contributed by atoms with Gasteiger partial charge in [0.1, 0.15) is 11.8 Å². The molecule has 0 unspecified atom stereocenters. The number of nitrogens with one attached hydrogen (secondary N) is 1. The Bertz CT molecular complexity index is 1090. The summed E-state index contributed by atoms with van der Waals surface area (Å²) < 4.78 is 5.90. The van der Waals surface area contributed by atoms with Crippen molar-refractivity contribution in [3.63, 3.8) is 0 Å². The topological polar surface area (TPSA) is 58.6 Å². The second-order valence-corrected chi connectivity index (χ2v) is 8.66. The fourth-order valence-corrected chi connectivity index (χ4v) is 4.06. The maximum atomic E-state index is 13.6. The van der Waals surface area contributed by atoms with E-state index in [9.17, 15) is 9.59 Å². The van der Waals surface area contributed by atoms with E-state index >= 15 is 0 Å². The summed E-state index contributed by atoms with van der Waals surface area (Å²) in [5.74, 6) is 0.258. The van der Waals surface area contributed by atoms with Gasteiger partial charge in [-0.15, -0.1) is 0 Å². The van der Waals surface area contributed by atoms with Crippen LogP contribution in [-0.2, 0) is 22.6 Å². The molecule has 0 radical (unpaired) electrons. The number of amides is 2. The second-order valence-electron chi connectivity index (χ2n) is 8.66. The molecule has 3 rings (SSSR count). The first-order valence-corrected chi connectivity index (χ1v) is 11.7. The molecule has 34 heavy (non-hydrogen) atoms. The highest BCUT2D eigenvalue weighted by molar-refractivity contribution is 5.88. The van der Waals surface area contributed by atoms with E-state index in [1.807, 2.05) is 94.4 Å². The van der Waals surface area contributed by atoms with Crippen LogP contribution in [-0.4, -0.2) is 35.9 Å². The van der Waals surface area contributed by atoms with Crippen molar-refractivity contribution in [1.29, 1.82) is 0 Å². The lowest BCUT2D eigenvalue weighted by molar-refractivity contribution is -0.142. The van der Waals surface area contributed by atoms with Crippen LogP contribution in [0.5, 0.6) is 5.75 Å². The largest absolute Gasteiger partial charge is 0.484 e. The van der Waals surface area contributed by atoms with Gasteiger partial charge in [0.2, 0.25) is 5.91 Å². The van der Waals surface area contributed by atoms with E-state index in [4.69, 9.17) is 4.74 Å². The quantitative estimate of drug-likeness (QED) is 0.476. The Morgan fingerprint density at radius 1 is 0.912 bits per heavy atom. The van der Waals surface area contributed by atoms with Crippen molar-refractivity contribution >= 4 is 11.8 Å². The molecule has 0 saturated heterocycles. The molecule has 0 saturated carbocycles. The number of carbonyl (C=O) groups excluding carboxylic acids is 2. The van der Waals surface area contributed by atoms with Gasteiger partial charge in [0.15, 0.2) is 6.61 Å². The van der Waals surface area contributed by atoms with Crippen LogP contribution in [0, 0.1) is 20.8 Å². The molecule has 1 atom stereocenters. The van der Waals surface area contributed by atoms with Gasteiger partial charge in [-0.1, -0.05) is 60.7 Å². The Morgan fingerprint density at radius 3 is 2.21 bits per heavy atom. The van der Waals surface area contributed by atoms with Crippen LogP contribution in [0.25, 0.3) is 0 Å². The first kappa shape index (κ1) is 25.0. The number of hydrogen-bond donors (Lipinski definition) is 1. The summed E-state index contributed by atoms with van der Waals surface area (Å²) in [5, 5.41) is 2.92. The summed E-state index contributed by atoms with van der Waals surface area (Å²) in [4.78, 5) is 28.4. The molecule has 0 aliphatic heterocycles. The molecule has 5 heteroatoms. The van der Waals surface area contributed by atoms with Gasteiger partial charge in [-0.05, 0) is 67.6 Å². The monoisotopic (exact) mass is 458 g/mol. The van der Waals surface area contributed by atoms with Crippen LogP contribution in [0.15, 0.2) is 72.8 Å². The SMILES string of the molecule is CCNC(=O)[C@@H](Cc1ccccc1)N(Cc1ccccc1C)C(=O)COc1cc(C)cc(C)c1. The van der Waals surface area contributed by atoms with Crippen molar-refractivity contribution in [2.45, 2.75) is 46.7 Å². The van der Waals surface area contributed by atoms with Gasteiger partial charge in [-0.3, -0.25) is 9.59 Å². The molecule has 0 bridgehead atoms. The number of benzene rings is 3. The molecule has 3 aromatic rings. The average molecular weight is 459 g/mol. The van der Waals surface area contributed by atoms with Gasteiger partial charge < -0.3 is 15.0 Å². The first-order valence-electron chi connectivity index (χ1n) is 11.7. The number of hydrogen-bond acceptors (Lipinski definition) is 3. The standard InChI is InChI=1S/C29H34N2O3/c1-5-30-29(33)27(18-24-12-7-6-8-13-24)31(19-25-14-10-9-11-23(25)4)28(32)20-34-26-16-21(2)15-22(3)17-26/h6-17,27H,5,18-20H2,1-4H3,(H,30,33)/t27-/m1/s1. The minimum atomic E-state index is -0.655. The van der Waals surface area contributed by atoms with Gasteiger partial charge in [0.05, 0.1) is 0 Å². The predicted molar refractivity (Wildman–Crippen MR) is 136 cm³/mol. The number of likely N-dealkylation sites (N-methyl/N-ethyl adjacent to an activating group) is 1. The minimum absolute atomic E-state index is 0.139. The van der Waals surface area contributed by atoms with Gasteiger partial charge in [-0.2, -0.15) is 0 Å². The van der Waals surface area contributed by atoms with Gasteiger partial charge in [0.25, 0.3) is 5.91 Å². The Labute approximate surface area is 202 Å². The van der Waals surface area contributed by atoms with Crippen molar-refractivity contribution < 1.29 is 14.3 Å². The van der Waals surface area contributed by atoms with Gasteiger partial charge in [0, 0.05) is 19.5 Å². The molecule has 5 nitrogen and oxygen atoms in total. The third-order valence-corrected chi connectivity index (χ3v) is 5.78. The molecule has 0 aliphatic carbocycles. The molecule has 0 aliphatic rings. The third-order valence-electron chi connectivity index (χ3n) is 5.78. The highest BCUT2D eigenvalue weighted by atomic mass is 16.5. The van der Waals surface area contributed by atoms with Crippen molar-refractivity contribution in [1.82, 2.24) is 10.2 Å². The highest BCUT2D eigenvalue weighted by Crippen LogP contribution is 2.19. The molecule has 0 fully saturated rings. The maximum absolute atomic E-state index is 13.6. The van der Waals surface area contributed by atoms with Crippen LogP contribution in [0.3, 0.4) is 0 Å². The lowest BCUT2D eigenvalue weighted by Crippen LogP contribution is -2.51. The highest BCUT2D eigenvalue weighted by Gasteiger charge is 2.30. The third kappa shape index (κ3) is 6.95. The lowest BCUT2D eigenvalue weighted by Gasteiger charge is -2.32. The van der Waals surface area contributed by atoms with Crippen LogP contribution >= 0.6 is 0 Å². The molecule has 0 heterocycles. The van der Waals surface area contributed by atoms with Crippen molar-refractivity contribution in [2.24, 2.45) is 0 Å². The fourth-order valence-electron chi connectivity index (χ4n) is 4.06. The normalized spacial score (nSPS) is 11.5. The molecule has 0 spiro atoms. The number of ether oxygens (including phenoxy) is 1. The van der Waals surface area contributed by atoms with E-state index < -0.39 is 6.04 Å². The average Bonchev–Trinajstić information content (AvgIpc) is 2.81. The zero-order chi connectivity index (χ0) is 24.5. The number of rotatable bonds is 10. The number of nitrogens with zero attached hydrogens (tertiary/aromatic N) is 1. The summed E-state index contributed by atoms with van der Waals surface area (Å²) in [6.45, 7) is 8.58. The predicted octanol–water partition coefficient (Wildman–Crippen LogP) is 4.77. The molecule has 2 amide bonds. The van der Waals surface area contributed by atoms with E-state index in [0.717, 1.165) is 27.8 Å². The Kier molecular flexibility index (Phi) is 8.86. The summed E-state index contributed by atoms with van der Waals surface area (Å²) in [6.07, 6.45) is 0.424. The molecule has 3 aromatic carbocycles. The Balaban J connectivity index is 1.91. The number of carbonyl (C=O) groups is 2. The van der Waals surface area contributed by atoms with Crippen LogP contribution in [0.1, 0.15) is 34.7 Å². The van der Waals surface area contributed by atoms with Crippen molar-refractivity contribution in [3.05, 3.63) is 101 Å². The van der Waals surface area contributed by atoms with Crippen molar-refractivity contribution in [3.8, 4) is 5.75 Å². The molecular formula is C29H34N2O3. The number of aryl methyl sites for hydroxylation is 3. The van der Waals surface area contributed by atoms with E-state index in [-0.39, 0.29) is 18.4 Å². The molecular weight excluding hydrogens is 424 g/mol. The summed E-state index contributed by atoms with van der Waals surface area (Å²) >= 11 is 0. The fraction of sp³-hybridized carbons (Fsp3) is 0.310. The van der Waals surface area contributed by atoms with Crippen LogP contribution < -0.4 is 10.1 Å². The Hall–Kier alpha value is -3.60. The van der Waals surface area contributed by atoms with Crippen molar-refractivity contribution in [2.75, 3.05) is 13.2 Å². The zero-order valence-electron chi connectivity index (χ0n) is 20.5. The molecule has 178 valence electrons. The maximum Gasteiger partial charge on any atom is 0.261 e. The van der Waals surface area contributed by atoms with E-state index in [1.165, 1.54) is 0 Å². The smallest absolute Gasteiger partial charge is 0.261 e. The van der Waals surface area contributed by atoms with E-state index in [1.54, 1.807) is 4.90 Å². The molecule has 0 aromatic heterocycles. The van der Waals surface area contributed by atoms with Crippen LogP contribution in [0.2, 0.25) is 0 Å². The minimum Gasteiger partial charge on any atom is -0.484 e. The van der Waals surface area contributed by atoms with Crippen LogP contribution in [0.4, 0.5) is 0 Å². The summed E-state index contributed by atoms with van der Waals surface area (Å²) in [7, 11) is 0.